The van der Waals surface area contributed by atoms with Gasteiger partial charge in [-0.1, -0.05) is 24.3 Å². The number of hydrogen-bond donors (Lipinski definition) is 1. The van der Waals surface area contributed by atoms with Gasteiger partial charge in [-0.05, 0) is 49.0 Å². The van der Waals surface area contributed by atoms with Crippen molar-refractivity contribution in [1.29, 1.82) is 0 Å². The maximum absolute atomic E-state index is 11.8. The van der Waals surface area contributed by atoms with Crippen molar-refractivity contribution in [3.05, 3.63) is 71.2 Å². The maximum atomic E-state index is 11.8. The largest absolute Gasteiger partial charge is 0.466 e. The summed E-state index contributed by atoms with van der Waals surface area (Å²) in [6, 6.07) is 8.42. The van der Waals surface area contributed by atoms with E-state index in [0.717, 1.165) is 37.8 Å². The molecule has 0 fully saturated rings. The highest BCUT2D eigenvalue weighted by Crippen LogP contribution is 2.32. The Morgan fingerprint density at radius 1 is 1.28 bits per heavy atom. The molecule has 0 spiro atoms. The topological polar surface area (TPSA) is 45.3 Å². The molecular formula is C21H22N2O2. The van der Waals surface area contributed by atoms with Gasteiger partial charge in [0.05, 0.1) is 7.11 Å². The van der Waals surface area contributed by atoms with Crippen LogP contribution in [0.15, 0.2) is 65.7 Å². The number of carbonyl (C=O) groups excluding carboxylic acids is 1. The standard InChI is InChI=1S/C21H22N2O2/c1-25-21(24)16-8-9-20-15(13-16)5-4-11-23(20)12-10-17-14-22-19-7-3-2-6-18(17)19/h2-4,6-7,11,13-14,22H,5,8-10,12H2,1H3. The monoisotopic (exact) mass is 334 g/mol. The van der Waals surface area contributed by atoms with Crippen LogP contribution in [0.2, 0.25) is 0 Å². The lowest BCUT2D eigenvalue weighted by Crippen LogP contribution is -2.25. The molecule has 2 aromatic rings. The fourth-order valence-electron chi connectivity index (χ4n) is 3.76. The van der Waals surface area contributed by atoms with Crippen molar-refractivity contribution in [3.8, 4) is 0 Å². The van der Waals surface area contributed by atoms with Crippen LogP contribution in [0.5, 0.6) is 0 Å². The molecule has 0 saturated carbocycles. The second-order valence-corrected chi connectivity index (χ2v) is 6.52. The predicted molar refractivity (Wildman–Crippen MR) is 98.8 cm³/mol. The van der Waals surface area contributed by atoms with Crippen LogP contribution < -0.4 is 0 Å². The molecule has 0 amide bonds. The third-order valence-electron chi connectivity index (χ3n) is 5.06. The SMILES string of the molecule is COC(=O)C1=CC2=C(CC1)N(CCc1c[nH]c3ccccc13)C=CC2. The van der Waals surface area contributed by atoms with E-state index in [0.29, 0.717) is 0 Å². The van der Waals surface area contributed by atoms with Gasteiger partial charge in [0.2, 0.25) is 0 Å². The van der Waals surface area contributed by atoms with Crippen LogP contribution in [0.4, 0.5) is 0 Å². The minimum absolute atomic E-state index is 0.202. The number of para-hydroxylation sites is 1. The lowest BCUT2D eigenvalue weighted by molar-refractivity contribution is -0.136. The lowest BCUT2D eigenvalue weighted by atomic mass is 9.92. The second kappa shape index (κ2) is 6.63. The van der Waals surface area contributed by atoms with Crippen molar-refractivity contribution < 1.29 is 9.53 Å². The zero-order valence-electron chi connectivity index (χ0n) is 14.4. The quantitative estimate of drug-likeness (QED) is 0.857. The highest BCUT2D eigenvalue weighted by molar-refractivity contribution is 5.89. The van der Waals surface area contributed by atoms with Crippen molar-refractivity contribution >= 4 is 16.9 Å². The van der Waals surface area contributed by atoms with E-state index in [1.54, 1.807) is 0 Å². The van der Waals surface area contributed by atoms with Crippen LogP contribution in [-0.2, 0) is 16.0 Å². The Bertz CT molecular complexity index is 902. The Hall–Kier alpha value is -2.75. The number of rotatable bonds is 4. The lowest BCUT2D eigenvalue weighted by Gasteiger charge is -2.31. The normalized spacial score (nSPS) is 16.8. The van der Waals surface area contributed by atoms with Crippen molar-refractivity contribution in [2.45, 2.75) is 25.7 Å². The molecule has 4 heteroatoms. The van der Waals surface area contributed by atoms with Gasteiger partial charge in [-0.3, -0.25) is 0 Å². The number of fused-ring (bicyclic) bond motifs is 1. The highest BCUT2D eigenvalue weighted by Gasteiger charge is 2.23. The summed E-state index contributed by atoms with van der Waals surface area (Å²) in [5, 5.41) is 1.30. The van der Waals surface area contributed by atoms with E-state index in [9.17, 15) is 4.79 Å². The van der Waals surface area contributed by atoms with Gasteiger partial charge in [0.1, 0.15) is 0 Å². The molecule has 0 atom stereocenters. The molecule has 25 heavy (non-hydrogen) atoms. The minimum Gasteiger partial charge on any atom is -0.466 e. The first-order valence-electron chi connectivity index (χ1n) is 8.75. The number of carbonyl (C=O) groups is 1. The fourth-order valence-corrected chi connectivity index (χ4v) is 3.76. The summed E-state index contributed by atoms with van der Waals surface area (Å²) in [7, 11) is 1.45. The third-order valence-corrected chi connectivity index (χ3v) is 5.06. The van der Waals surface area contributed by atoms with Crippen LogP contribution in [0.25, 0.3) is 10.9 Å². The molecule has 1 aromatic carbocycles. The second-order valence-electron chi connectivity index (χ2n) is 6.52. The van der Waals surface area contributed by atoms with Crippen molar-refractivity contribution in [2.24, 2.45) is 0 Å². The number of allylic oxidation sites excluding steroid dienone is 4. The number of methoxy groups -OCH3 is 1. The number of esters is 1. The first kappa shape index (κ1) is 15.8. The molecule has 1 N–H and O–H groups in total. The summed E-state index contributed by atoms with van der Waals surface area (Å²) in [5.41, 5.74) is 5.91. The Kier molecular flexibility index (Phi) is 4.18. The molecule has 1 aliphatic heterocycles. The number of aromatic amines is 1. The fraction of sp³-hybridized carbons (Fsp3) is 0.286. The van der Waals surface area contributed by atoms with E-state index in [1.165, 1.54) is 34.8 Å². The van der Waals surface area contributed by atoms with Gasteiger partial charge in [0, 0.05) is 41.1 Å². The van der Waals surface area contributed by atoms with Crippen molar-refractivity contribution in [3.63, 3.8) is 0 Å². The summed E-state index contributed by atoms with van der Waals surface area (Å²) in [6.07, 6.45) is 12.0. The molecule has 0 saturated heterocycles. The van der Waals surface area contributed by atoms with E-state index in [1.807, 2.05) is 6.08 Å². The van der Waals surface area contributed by atoms with E-state index in [2.05, 4.69) is 52.6 Å². The predicted octanol–water partition coefficient (Wildman–Crippen LogP) is 4.08. The van der Waals surface area contributed by atoms with E-state index >= 15 is 0 Å². The Morgan fingerprint density at radius 3 is 3.04 bits per heavy atom. The van der Waals surface area contributed by atoms with Crippen molar-refractivity contribution in [1.82, 2.24) is 9.88 Å². The smallest absolute Gasteiger partial charge is 0.333 e. The minimum atomic E-state index is -0.202. The molecule has 1 aromatic heterocycles. The highest BCUT2D eigenvalue weighted by atomic mass is 16.5. The molecule has 4 nitrogen and oxygen atoms in total. The van der Waals surface area contributed by atoms with Gasteiger partial charge < -0.3 is 14.6 Å². The molecule has 2 aliphatic rings. The van der Waals surface area contributed by atoms with Gasteiger partial charge in [0.15, 0.2) is 0 Å². The summed E-state index contributed by atoms with van der Waals surface area (Å²) >= 11 is 0. The summed E-state index contributed by atoms with van der Waals surface area (Å²) in [4.78, 5) is 17.5. The molecule has 4 rings (SSSR count). The van der Waals surface area contributed by atoms with Crippen LogP contribution in [0.1, 0.15) is 24.8 Å². The Balaban J connectivity index is 1.52. The average molecular weight is 334 g/mol. The maximum Gasteiger partial charge on any atom is 0.333 e. The Labute approximate surface area is 147 Å². The van der Waals surface area contributed by atoms with Crippen LogP contribution in [0.3, 0.4) is 0 Å². The first-order valence-corrected chi connectivity index (χ1v) is 8.75. The number of benzene rings is 1. The van der Waals surface area contributed by atoms with Gasteiger partial charge in [-0.15, -0.1) is 0 Å². The molecule has 2 heterocycles. The van der Waals surface area contributed by atoms with Crippen LogP contribution >= 0.6 is 0 Å². The average Bonchev–Trinajstić information content (AvgIpc) is 3.08. The molecule has 0 radical (unpaired) electrons. The molecule has 0 bridgehead atoms. The third kappa shape index (κ3) is 3.00. The zero-order chi connectivity index (χ0) is 17.2. The molecular weight excluding hydrogens is 312 g/mol. The molecule has 1 aliphatic carbocycles. The Morgan fingerprint density at radius 2 is 2.16 bits per heavy atom. The van der Waals surface area contributed by atoms with Gasteiger partial charge in [-0.2, -0.15) is 0 Å². The summed E-state index contributed by atoms with van der Waals surface area (Å²) in [6.45, 7) is 0.943. The number of H-pyrrole nitrogens is 1. The van der Waals surface area contributed by atoms with Crippen LogP contribution in [-0.4, -0.2) is 29.5 Å². The number of hydrogen-bond acceptors (Lipinski definition) is 3. The first-order chi connectivity index (χ1) is 12.3. The summed E-state index contributed by atoms with van der Waals surface area (Å²) < 4.78 is 4.87. The van der Waals surface area contributed by atoms with Crippen molar-refractivity contribution in [2.75, 3.05) is 13.7 Å². The van der Waals surface area contributed by atoms with E-state index in [4.69, 9.17) is 4.74 Å². The van der Waals surface area contributed by atoms with Crippen LogP contribution in [0, 0.1) is 0 Å². The number of ether oxygens (including phenoxy) is 1. The van der Waals surface area contributed by atoms with Gasteiger partial charge in [-0.25, -0.2) is 4.79 Å². The van der Waals surface area contributed by atoms with E-state index in [-0.39, 0.29) is 5.97 Å². The van der Waals surface area contributed by atoms with Gasteiger partial charge in [0.25, 0.3) is 0 Å². The number of nitrogens with one attached hydrogen (secondary N) is 1. The van der Waals surface area contributed by atoms with E-state index < -0.39 is 0 Å². The number of aromatic nitrogens is 1. The summed E-state index contributed by atoms with van der Waals surface area (Å²) in [5.74, 6) is -0.202. The van der Waals surface area contributed by atoms with Gasteiger partial charge >= 0.3 is 5.97 Å². The number of nitrogens with zero attached hydrogens (tertiary/aromatic N) is 1. The molecule has 128 valence electrons. The molecule has 0 unspecified atom stereocenters. The zero-order valence-corrected chi connectivity index (χ0v) is 14.4.